The molecule has 0 aliphatic carbocycles. The molecule has 206 valence electrons. The van der Waals surface area contributed by atoms with Crippen LogP contribution in [-0.2, 0) is 0 Å². The quantitative estimate of drug-likeness (QED) is 0.195. The van der Waals surface area contributed by atoms with Gasteiger partial charge in [0.15, 0.2) is 23.3 Å². The Balaban J connectivity index is 1.11. The van der Waals surface area contributed by atoms with E-state index in [1.165, 1.54) is 5.39 Å². The lowest BCUT2D eigenvalue weighted by Crippen LogP contribution is -2.00. The van der Waals surface area contributed by atoms with Gasteiger partial charge in [-0.25, -0.2) is 24.9 Å². The largest absolute Gasteiger partial charge is 0.236 e. The molecule has 0 amide bonds. The van der Waals surface area contributed by atoms with E-state index in [9.17, 15) is 0 Å². The molecule has 0 atom stereocenters. The van der Waals surface area contributed by atoms with Crippen molar-refractivity contribution in [3.63, 3.8) is 0 Å². The van der Waals surface area contributed by atoms with Gasteiger partial charge in [-0.3, -0.25) is 0 Å². The van der Waals surface area contributed by atoms with Crippen molar-refractivity contribution in [1.29, 1.82) is 0 Å². The third kappa shape index (κ3) is 4.86. The first kappa shape index (κ1) is 25.6. The molecule has 0 saturated heterocycles. The smallest absolute Gasteiger partial charge is 0.164 e. The van der Waals surface area contributed by atoms with E-state index >= 15 is 0 Å². The van der Waals surface area contributed by atoms with E-state index in [-0.39, 0.29) is 0 Å². The number of nitrogens with zero attached hydrogens (tertiary/aromatic N) is 5. The van der Waals surface area contributed by atoms with Gasteiger partial charge in [-0.15, -0.1) is 0 Å². The Morgan fingerprint density at radius 2 is 0.727 bits per heavy atom. The lowest BCUT2D eigenvalue weighted by atomic mass is 10.0. The molecule has 0 fully saturated rings. The molecular formula is C39H25N5. The summed E-state index contributed by atoms with van der Waals surface area (Å²) in [5, 5.41) is 3.35. The predicted molar refractivity (Wildman–Crippen MR) is 178 cm³/mol. The van der Waals surface area contributed by atoms with Crippen molar-refractivity contribution in [2.45, 2.75) is 0 Å². The van der Waals surface area contributed by atoms with Crippen molar-refractivity contribution in [3.05, 3.63) is 152 Å². The van der Waals surface area contributed by atoms with Crippen molar-refractivity contribution in [2.75, 3.05) is 0 Å². The summed E-state index contributed by atoms with van der Waals surface area (Å²) in [5.41, 5.74) is 6.99. The van der Waals surface area contributed by atoms with Gasteiger partial charge in [-0.2, -0.15) is 0 Å². The minimum Gasteiger partial charge on any atom is -0.236 e. The molecule has 0 N–H and O–H groups in total. The fourth-order valence-corrected chi connectivity index (χ4v) is 5.47. The molecule has 5 heteroatoms. The Bertz CT molecular complexity index is 2190. The normalized spacial score (nSPS) is 11.2. The number of benzene rings is 6. The van der Waals surface area contributed by atoms with Crippen LogP contribution in [0.25, 0.3) is 78.4 Å². The van der Waals surface area contributed by atoms with Gasteiger partial charge < -0.3 is 0 Å². The summed E-state index contributed by atoms with van der Waals surface area (Å²) in [6.45, 7) is 0. The summed E-state index contributed by atoms with van der Waals surface area (Å²) in [6, 6.07) is 49.3. The van der Waals surface area contributed by atoms with Crippen molar-refractivity contribution < 1.29 is 0 Å². The molecule has 0 aliphatic heterocycles. The van der Waals surface area contributed by atoms with Crippen LogP contribution in [0.2, 0.25) is 0 Å². The van der Waals surface area contributed by atoms with Crippen LogP contribution >= 0.6 is 0 Å². The fourth-order valence-electron chi connectivity index (χ4n) is 5.47. The maximum Gasteiger partial charge on any atom is 0.164 e. The Kier molecular flexibility index (Phi) is 6.39. The van der Waals surface area contributed by atoms with E-state index in [4.69, 9.17) is 19.9 Å². The van der Waals surface area contributed by atoms with Crippen LogP contribution in [0.5, 0.6) is 0 Å². The van der Waals surface area contributed by atoms with Gasteiger partial charge in [0, 0.05) is 39.2 Å². The molecule has 2 heterocycles. The minimum absolute atomic E-state index is 0.639. The molecule has 0 unspecified atom stereocenters. The second-order valence-electron chi connectivity index (χ2n) is 10.6. The standard InChI is InChI=1S/C39H25N5/c1-3-10-29(11-4-1)37-42-38(30-12-5-2-6-13-30)44-39(43-37)32-22-17-27(18-23-32)26-15-20-31(21-16-26)36-40-25-33-24-19-28-9-7-8-14-34(28)35(33)41-36/h1-25H. The average molecular weight is 564 g/mol. The van der Waals surface area contributed by atoms with E-state index in [1.54, 1.807) is 0 Å². The highest BCUT2D eigenvalue weighted by Gasteiger charge is 2.13. The highest BCUT2D eigenvalue weighted by molar-refractivity contribution is 6.05. The molecule has 0 spiro atoms. The van der Waals surface area contributed by atoms with Crippen molar-refractivity contribution in [3.8, 4) is 56.7 Å². The third-order valence-corrected chi connectivity index (χ3v) is 7.79. The molecule has 0 radical (unpaired) electrons. The molecule has 2 aromatic heterocycles. The summed E-state index contributed by atoms with van der Waals surface area (Å²) < 4.78 is 0. The first-order valence-electron chi connectivity index (χ1n) is 14.5. The van der Waals surface area contributed by atoms with Crippen LogP contribution in [0.15, 0.2) is 152 Å². The van der Waals surface area contributed by atoms with E-state index in [1.807, 2.05) is 66.9 Å². The van der Waals surface area contributed by atoms with E-state index in [0.717, 1.165) is 49.7 Å². The van der Waals surface area contributed by atoms with Gasteiger partial charge in [0.2, 0.25) is 0 Å². The summed E-state index contributed by atoms with van der Waals surface area (Å²) in [7, 11) is 0. The van der Waals surface area contributed by atoms with Crippen LogP contribution in [0.4, 0.5) is 0 Å². The Hall–Kier alpha value is -6.07. The SMILES string of the molecule is c1ccc(-c2nc(-c3ccccc3)nc(-c3ccc(-c4ccc(-c5ncc6ccc7ccccc7c6n5)cc4)cc3)n2)cc1. The fraction of sp³-hybridized carbons (Fsp3) is 0. The Labute approximate surface area is 254 Å². The van der Waals surface area contributed by atoms with Crippen molar-refractivity contribution in [1.82, 2.24) is 24.9 Å². The summed E-state index contributed by atoms with van der Waals surface area (Å²) >= 11 is 0. The third-order valence-electron chi connectivity index (χ3n) is 7.79. The maximum absolute atomic E-state index is 4.95. The van der Waals surface area contributed by atoms with Gasteiger partial charge in [-0.05, 0) is 16.5 Å². The number of fused-ring (bicyclic) bond motifs is 3. The molecule has 0 bridgehead atoms. The lowest BCUT2D eigenvalue weighted by molar-refractivity contribution is 1.07. The summed E-state index contributed by atoms with van der Waals surface area (Å²) in [4.78, 5) is 24.1. The molecule has 8 aromatic rings. The van der Waals surface area contributed by atoms with Crippen LogP contribution in [0.1, 0.15) is 0 Å². The second kappa shape index (κ2) is 11.0. The van der Waals surface area contributed by atoms with E-state index < -0.39 is 0 Å². The van der Waals surface area contributed by atoms with E-state index in [2.05, 4.69) is 89.9 Å². The van der Waals surface area contributed by atoms with Gasteiger partial charge in [0.1, 0.15) is 0 Å². The molecule has 8 rings (SSSR count). The highest BCUT2D eigenvalue weighted by Crippen LogP contribution is 2.29. The van der Waals surface area contributed by atoms with Gasteiger partial charge in [0.05, 0.1) is 5.52 Å². The maximum atomic E-state index is 4.95. The van der Waals surface area contributed by atoms with Gasteiger partial charge in [0.25, 0.3) is 0 Å². The molecule has 5 nitrogen and oxygen atoms in total. The highest BCUT2D eigenvalue weighted by atomic mass is 15.0. The zero-order valence-electron chi connectivity index (χ0n) is 23.7. The average Bonchev–Trinajstić information content (AvgIpc) is 3.12. The van der Waals surface area contributed by atoms with Crippen LogP contribution < -0.4 is 0 Å². The minimum atomic E-state index is 0.639. The number of rotatable bonds is 5. The first-order valence-corrected chi connectivity index (χ1v) is 14.5. The molecule has 6 aromatic carbocycles. The molecule has 0 saturated carbocycles. The van der Waals surface area contributed by atoms with Gasteiger partial charge in [-0.1, -0.05) is 146 Å². The first-order chi connectivity index (χ1) is 21.8. The molecule has 44 heavy (non-hydrogen) atoms. The number of hydrogen-bond acceptors (Lipinski definition) is 5. The topological polar surface area (TPSA) is 64.5 Å². The monoisotopic (exact) mass is 563 g/mol. The Morgan fingerprint density at radius 3 is 1.30 bits per heavy atom. The van der Waals surface area contributed by atoms with Crippen LogP contribution in [-0.4, -0.2) is 24.9 Å². The van der Waals surface area contributed by atoms with Gasteiger partial charge >= 0.3 is 0 Å². The predicted octanol–water partition coefficient (Wildman–Crippen LogP) is 9.30. The molecular weight excluding hydrogens is 538 g/mol. The van der Waals surface area contributed by atoms with Crippen LogP contribution in [0.3, 0.4) is 0 Å². The molecule has 0 aliphatic rings. The summed E-state index contributed by atoms with van der Waals surface area (Å²) in [6.07, 6.45) is 1.91. The van der Waals surface area contributed by atoms with Crippen LogP contribution in [0, 0.1) is 0 Å². The summed E-state index contributed by atoms with van der Waals surface area (Å²) in [5.74, 6) is 2.66. The van der Waals surface area contributed by atoms with Crippen molar-refractivity contribution >= 4 is 21.7 Å². The van der Waals surface area contributed by atoms with Crippen molar-refractivity contribution in [2.24, 2.45) is 0 Å². The Morgan fingerprint density at radius 1 is 0.295 bits per heavy atom. The second-order valence-corrected chi connectivity index (χ2v) is 10.6. The number of hydrogen-bond donors (Lipinski definition) is 0. The van der Waals surface area contributed by atoms with E-state index in [0.29, 0.717) is 23.3 Å². The number of aromatic nitrogens is 5. The zero-order chi connectivity index (χ0) is 29.3. The lowest BCUT2D eigenvalue weighted by Gasteiger charge is -2.09. The zero-order valence-corrected chi connectivity index (χ0v) is 23.7.